The molecule has 5 heteroatoms. The largest absolute Gasteiger partial charge is 0.397 e. The molecule has 2 N–H and O–H groups in total. The number of nitrogens with zero attached hydrogens (tertiary/aromatic N) is 1. The standard InChI is InChI=1S/C13H15ClN2OS/c1-7(2)16(3)13(17)12-11(15)9-6-8(14)4-5-10(9)18-12/h4-7H,15H2,1-3H3. The lowest BCUT2D eigenvalue weighted by Gasteiger charge is -2.20. The monoisotopic (exact) mass is 282 g/mol. The highest BCUT2D eigenvalue weighted by atomic mass is 35.5. The molecule has 0 aliphatic carbocycles. The number of benzene rings is 1. The van der Waals surface area contributed by atoms with E-state index in [1.807, 2.05) is 19.9 Å². The van der Waals surface area contributed by atoms with Gasteiger partial charge in [0.15, 0.2) is 0 Å². The molecule has 1 aromatic heterocycles. The number of carbonyl (C=O) groups excluding carboxylic acids is 1. The van der Waals surface area contributed by atoms with Crippen LogP contribution in [-0.4, -0.2) is 23.9 Å². The van der Waals surface area contributed by atoms with Gasteiger partial charge in [-0.05, 0) is 32.0 Å². The summed E-state index contributed by atoms with van der Waals surface area (Å²) in [6, 6.07) is 5.64. The van der Waals surface area contributed by atoms with E-state index in [1.165, 1.54) is 11.3 Å². The summed E-state index contributed by atoms with van der Waals surface area (Å²) in [7, 11) is 1.78. The van der Waals surface area contributed by atoms with Crippen LogP contribution < -0.4 is 5.73 Å². The molecule has 0 saturated heterocycles. The van der Waals surface area contributed by atoms with Crippen molar-refractivity contribution in [3.8, 4) is 0 Å². The fourth-order valence-corrected chi connectivity index (χ4v) is 2.90. The van der Waals surface area contributed by atoms with Gasteiger partial charge in [0.2, 0.25) is 0 Å². The second-order valence-electron chi connectivity index (χ2n) is 4.50. The van der Waals surface area contributed by atoms with Gasteiger partial charge < -0.3 is 10.6 Å². The average molecular weight is 283 g/mol. The number of nitrogens with two attached hydrogens (primary N) is 1. The molecule has 0 aliphatic rings. The minimum absolute atomic E-state index is 0.0418. The predicted octanol–water partition coefficient (Wildman–Crippen LogP) is 3.62. The van der Waals surface area contributed by atoms with Gasteiger partial charge in [0.1, 0.15) is 4.88 Å². The van der Waals surface area contributed by atoms with E-state index >= 15 is 0 Å². The summed E-state index contributed by atoms with van der Waals surface area (Å²) in [5.74, 6) is -0.0418. The van der Waals surface area contributed by atoms with E-state index in [1.54, 1.807) is 24.1 Å². The van der Waals surface area contributed by atoms with Gasteiger partial charge in [0, 0.05) is 28.2 Å². The summed E-state index contributed by atoms with van der Waals surface area (Å²) >= 11 is 7.36. The Hall–Kier alpha value is -1.26. The number of fused-ring (bicyclic) bond motifs is 1. The zero-order chi connectivity index (χ0) is 13.4. The highest BCUT2D eigenvalue weighted by Crippen LogP contribution is 2.35. The highest BCUT2D eigenvalue weighted by Gasteiger charge is 2.21. The molecule has 2 aromatic rings. The molecule has 1 aromatic carbocycles. The molecule has 0 bridgehead atoms. The van der Waals surface area contributed by atoms with Crippen LogP contribution in [0.4, 0.5) is 5.69 Å². The van der Waals surface area contributed by atoms with E-state index in [-0.39, 0.29) is 11.9 Å². The van der Waals surface area contributed by atoms with Gasteiger partial charge in [-0.25, -0.2) is 0 Å². The zero-order valence-corrected chi connectivity index (χ0v) is 12.1. The van der Waals surface area contributed by atoms with E-state index in [2.05, 4.69) is 0 Å². The van der Waals surface area contributed by atoms with Gasteiger partial charge >= 0.3 is 0 Å². The molecule has 1 amide bonds. The van der Waals surface area contributed by atoms with Gasteiger partial charge in [-0.2, -0.15) is 0 Å². The van der Waals surface area contributed by atoms with Gasteiger partial charge in [0.05, 0.1) is 5.69 Å². The van der Waals surface area contributed by atoms with Crippen molar-refractivity contribution in [2.75, 3.05) is 12.8 Å². The first-order valence-electron chi connectivity index (χ1n) is 5.66. The second-order valence-corrected chi connectivity index (χ2v) is 5.98. The van der Waals surface area contributed by atoms with Crippen LogP contribution in [0.3, 0.4) is 0 Å². The topological polar surface area (TPSA) is 46.3 Å². The number of amides is 1. The fraction of sp³-hybridized carbons (Fsp3) is 0.308. The van der Waals surface area contributed by atoms with Crippen molar-refractivity contribution in [1.29, 1.82) is 0 Å². The summed E-state index contributed by atoms with van der Waals surface area (Å²) in [5.41, 5.74) is 6.57. The van der Waals surface area contributed by atoms with Crippen LogP contribution in [-0.2, 0) is 0 Å². The minimum atomic E-state index is -0.0418. The van der Waals surface area contributed by atoms with E-state index in [0.717, 1.165) is 10.1 Å². The van der Waals surface area contributed by atoms with Crippen LogP contribution in [0, 0.1) is 0 Å². The maximum absolute atomic E-state index is 12.3. The molecule has 96 valence electrons. The van der Waals surface area contributed by atoms with Crippen LogP contribution in [0.5, 0.6) is 0 Å². The highest BCUT2D eigenvalue weighted by molar-refractivity contribution is 7.21. The number of anilines is 1. The van der Waals surface area contributed by atoms with E-state index < -0.39 is 0 Å². The van der Waals surface area contributed by atoms with Crippen LogP contribution >= 0.6 is 22.9 Å². The number of carbonyl (C=O) groups is 1. The number of thiophene rings is 1. The smallest absolute Gasteiger partial charge is 0.266 e. The number of hydrogen-bond donors (Lipinski definition) is 1. The van der Waals surface area contributed by atoms with Crippen LogP contribution in [0.15, 0.2) is 18.2 Å². The van der Waals surface area contributed by atoms with Crippen LogP contribution in [0.2, 0.25) is 5.02 Å². The maximum atomic E-state index is 12.3. The lowest BCUT2D eigenvalue weighted by Crippen LogP contribution is -2.32. The zero-order valence-electron chi connectivity index (χ0n) is 10.5. The lowest BCUT2D eigenvalue weighted by atomic mass is 10.2. The Morgan fingerprint density at radius 2 is 2.11 bits per heavy atom. The van der Waals surface area contributed by atoms with Crippen molar-refractivity contribution < 1.29 is 4.79 Å². The van der Waals surface area contributed by atoms with Gasteiger partial charge in [-0.1, -0.05) is 11.6 Å². The summed E-state index contributed by atoms with van der Waals surface area (Å²) in [5, 5.41) is 1.48. The van der Waals surface area contributed by atoms with E-state index in [4.69, 9.17) is 17.3 Å². The third-order valence-electron chi connectivity index (χ3n) is 2.98. The molecular formula is C13H15ClN2OS. The van der Waals surface area contributed by atoms with E-state index in [9.17, 15) is 4.79 Å². The van der Waals surface area contributed by atoms with Gasteiger partial charge in [-0.3, -0.25) is 4.79 Å². The molecule has 3 nitrogen and oxygen atoms in total. The van der Waals surface area contributed by atoms with Crippen molar-refractivity contribution in [2.24, 2.45) is 0 Å². The molecule has 18 heavy (non-hydrogen) atoms. The molecular weight excluding hydrogens is 268 g/mol. The van der Waals surface area contributed by atoms with Crippen LogP contribution in [0.25, 0.3) is 10.1 Å². The maximum Gasteiger partial charge on any atom is 0.266 e. The molecule has 0 atom stereocenters. The molecule has 0 saturated carbocycles. The first kappa shape index (κ1) is 13.2. The number of halogens is 1. The van der Waals surface area contributed by atoms with Crippen molar-refractivity contribution in [3.63, 3.8) is 0 Å². The van der Waals surface area contributed by atoms with Crippen molar-refractivity contribution in [1.82, 2.24) is 4.90 Å². The Bertz CT molecular complexity index is 606. The fourth-order valence-electron chi connectivity index (χ4n) is 1.64. The Balaban J connectivity index is 2.52. The molecule has 0 aliphatic heterocycles. The molecule has 0 spiro atoms. The van der Waals surface area contributed by atoms with E-state index in [0.29, 0.717) is 15.6 Å². The SMILES string of the molecule is CC(C)N(C)C(=O)c1sc2ccc(Cl)cc2c1N. The Morgan fingerprint density at radius 1 is 1.44 bits per heavy atom. The first-order chi connectivity index (χ1) is 8.41. The molecule has 2 rings (SSSR count). The lowest BCUT2D eigenvalue weighted by molar-refractivity contribution is 0.0761. The molecule has 0 radical (unpaired) electrons. The second kappa shape index (κ2) is 4.78. The van der Waals surface area contributed by atoms with Gasteiger partial charge in [-0.15, -0.1) is 11.3 Å². The average Bonchev–Trinajstić information content (AvgIpc) is 2.65. The molecule has 1 heterocycles. The summed E-state index contributed by atoms with van der Waals surface area (Å²) < 4.78 is 0.984. The van der Waals surface area contributed by atoms with Crippen molar-refractivity contribution >= 4 is 44.6 Å². The number of rotatable bonds is 2. The summed E-state index contributed by atoms with van der Waals surface area (Å²) in [6.07, 6.45) is 0. The quantitative estimate of drug-likeness (QED) is 0.914. The number of nitrogen functional groups attached to an aromatic ring is 1. The molecule has 0 unspecified atom stereocenters. The minimum Gasteiger partial charge on any atom is -0.397 e. The van der Waals surface area contributed by atoms with Crippen LogP contribution in [0.1, 0.15) is 23.5 Å². The number of hydrogen-bond acceptors (Lipinski definition) is 3. The Labute approximate surface area is 115 Å². The Morgan fingerprint density at radius 3 is 2.72 bits per heavy atom. The van der Waals surface area contributed by atoms with Crippen molar-refractivity contribution in [3.05, 3.63) is 28.1 Å². The Kier molecular flexibility index (Phi) is 3.50. The predicted molar refractivity (Wildman–Crippen MR) is 78.5 cm³/mol. The third kappa shape index (κ3) is 2.18. The van der Waals surface area contributed by atoms with Gasteiger partial charge in [0.25, 0.3) is 5.91 Å². The molecule has 0 fully saturated rings. The summed E-state index contributed by atoms with van der Waals surface area (Å²) in [4.78, 5) is 14.6. The first-order valence-corrected chi connectivity index (χ1v) is 6.86. The van der Waals surface area contributed by atoms with Crippen molar-refractivity contribution in [2.45, 2.75) is 19.9 Å². The normalized spacial score (nSPS) is 11.2. The summed E-state index contributed by atoms with van der Waals surface area (Å²) in [6.45, 7) is 3.94. The third-order valence-corrected chi connectivity index (χ3v) is 4.39.